The monoisotopic (exact) mass is 407 g/mol. The third kappa shape index (κ3) is 6.27. The molecule has 0 aromatic heterocycles. The minimum absolute atomic E-state index is 0. The number of carbonyl (C=O) groups excluding carboxylic acids is 1. The van der Waals surface area contributed by atoms with Crippen molar-refractivity contribution in [2.45, 2.75) is 19.2 Å². The molecule has 1 amide bonds. The first-order valence-electron chi connectivity index (χ1n) is 9.19. The van der Waals surface area contributed by atoms with E-state index in [1.807, 2.05) is 30.3 Å². The van der Waals surface area contributed by atoms with E-state index in [1.165, 1.54) is 6.07 Å². The second-order valence-electron chi connectivity index (χ2n) is 6.77. The summed E-state index contributed by atoms with van der Waals surface area (Å²) in [5.74, 6) is -0.279. The molecule has 0 saturated carbocycles. The highest BCUT2D eigenvalue weighted by Crippen LogP contribution is 2.22. The Hall–Kier alpha value is -1.99. The maximum Gasteiger partial charge on any atom is 0.234 e. The molecule has 152 valence electrons. The first-order valence-corrected chi connectivity index (χ1v) is 9.19. The normalized spacial score (nSPS) is 17.0. The molecule has 1 saturated heterocycles. The first-order chi connectivity index (χ1) is 13.2. The average Bonchev–Trinajstić information content (AvgIpc) is 2.68. The van der Waals surface area contributed by atoms with Crippen LogP contribution in [0.2, 0.25) is 0 Å². The molecule has 0 radical (unpaired) electrons. The topological polar surface area (TPSA) is 53.6 Å². The molecule has 1 heterocycles. The molecule has 1 aliphatic heterocycles. The zero-order valence-corrected chi connectivity index (χ0v) is 16.8. The van der Waals surface area contributed by atoms with Crippen LogP contribution < -0.4 is 10.6 Å². The van der Waals surface area contributed by atoms with Gasteiger partial charge in [0.15, 0.2) is 0 Å². The molecule has 0 bridgehead atoms. The largest absolute Gasteiger partial charge is 0.380 e. The Morgan fingerprint density at radius 1 is 1.25 bits per heavy atom. The number of amides is 1. The molecule has 3 rings (SSSR count). The van der Waals surface area contributed by atoms with Crippen LogP contribution in [0.25, 0.3) is 0 Å². The number of ether oxygens (including phenoxy) is 1. The fourth-order valence-corrected chi connectivity index (χ4v) is 3.34. The molecular weight excluding hydrogens is 381 g/mol. The fraction of sp³-hybridized carbons (Fsp3) is 0.381. The van der Waals surface area contributed by atoms with Crippen molar-refractivity contribution in [1.82, 2.24) is 15.5 Å². The number of nitrogens with zero attached hydrogens (tertiary/aromatic N) is 1. The van der Waals surface area contributed by atoms with E-state index in [1.54, 1.807) is 19.2 Å². The van der Waals surface area contributed by atoms with Crippen molar-refractivity contribution < 1.29 is 13.9 Å². The van der Waals surface area contributed by atoms with Crippen molar-refractivity contribution in [3.05, 3.63) is 71.0 Å². The lowest BCUT2D eigenvalue weighted by Gasteiger charge is -2.36. The number of halogens is 2. The van der Waals surface area contributed by atoms with Gasteiger partial charge in [-0.25, -0.2) is 4.39 Å². The quantitative estimate of drug-likeness (QED) is 0.741. The summed E-state index contributed by atoms with van der Waals surface area (Å²) in [6.07, 6.45) is 0. The van der Waals surface area contributed by atoms with Crippen LogP contribution in [0, 0.1) is 5.82 Å². The van der Waals surface area contributed by atoms with E-state index in [9.17, 15) is 9.18 Å². The van der Waals surface area contributed by atoms with Gasteiger partial charge in [0, 0.05) is 39.3 Å². The van der Waals surface area contributed by atoms with E-state index in [0.29, 0.717) is 26.2 Å². The molecule has 2 aromatic carbocycles. The minimum Gasteiger partial charge on any atom is -0.380 e. The molecule has 7 heteroatoms. The molecule has 2 N–H and O–H groups in total. The Kier molecular flexibility index (Phi) is 8.86. The summed E-state index contributed by atoms with van der Waals surface area (Å²) >= 11 is 0. The third-order valence-corrected chi connectivity index (χ3v) is 4.76. The Labute approximate surface area is 171 Å². The maximum atomic E-state index is 13.6. The highest BCUT2D eigenvalue weighted by atomic mass is 35.5. The van der Waals surface area contributed by atoms with Crippen LogP contribution in [0.1, 0.15) is 22.7 Å². The Morgan fingerprint density at radius 3 is 2.71 bits per heavy atom. The van der Waals surface area contributed by atoms with Crippen molar-refractivity contribution in [2.75, 3.05) is 33.3 Å². The zero-order chi connectivity index (χ0) is 19.1. The molecule has 1 fully saturated rings. The van der Waals surface area contributed by atoms with Crippen LogP contribution in [0.3, 0.4) is 0 Å². The van der Waals surface area contributed by atoms with E-state index in [0.717, 1.165) is 29.8 Å². The highest BCUT2D eigenvalue weighted by molar-refractivity contribution is 5.85. The van der Waals surface area contributed by atoms with Gasteiger partial charge < -0.3 is 15.4 Å². The predicted molar refractivity (Wildman–Crippen MR) is 110 cm³/mol. The molecule has 1 unspecified atom stereocenters. The summed E-state index contributed by atoms with van der Waals surface area (Å²) in [5, 5.41) is 6.30. The molecule has 0 spiro atoms. The first kappa shape index (κ1) is 22.3. The van der Waals surface area contributed by atoms with E-state index in [-0.39, 0.29) is 30.2 Å². The summed E-state index contributed by atoms with van der Waals surface area (Å²) in [6, 6.07) is 14.6. The number of nitrogens with one attached hydrogen (secondary N) is 2. The van der Waals surface area contributed by atoms with Gasteiger partial charge in [0.1, 0.15) is 5.82 Å². The van der Waals surface area contributed by atoms with E-state index in [2.05, 4.69) is 15.5 Å². The second-order valence-corrected chi connectivity index (χ2v) is 6.77. The van der Waals surface area contributed by atoms with E-state index >= 15 is 0 Å². The lowest BCUT2D eigenvalue weighted by molar-refractivity contribution is -0.123. The van der Waals surface area contributed by atoms with Crippen LogP contribution in [0.5, 0.6) is 0 Å². The third-order valence-electron chi connectivity index (χ3n) is 4.76. The average molecular weight is 408 g/mol. The number of methoxy groups -OCH3 is 1. The fourth-order valence-electron chi connectivity index (χ4n) is 3.34. The Bertz CT molecular complexity index is 758. The van der Waals surface area contributed by atoms with E-state index in [4.69, 9.17) is 4.74 Å². The smallest absolute Gasteiger partial charge is 0.234 e. The number of piperazine rings is 1. The van der Waals surface area contributed by atoms with Crippen molar-refractivity contribution in [1.29, 1.82) is 0 Å². The molecule has 28 heavy (non-hydrogen) atoms. The van der Waals surface area contributed by atoms with Crippen LogP contribution >= 0.6 is 12.4 Å². The predicted octanol–water partition coefficient (Wildman–Crippen LogP) is 2.66. The van der Waals surface area contributed by atoms with Crippen molar-refractivity contribution >= 4 is 18.3 Å². The summed E-state index contributed by atoms with van der Waals surface area (Å²) in [6.45, 7) is 3.64. The molecule has 1 atom stereocenters. The van der Waals surface area contributed by atoms with Crippen molar-refractivity contribution in [3.8, 4) is 0 Å². The minimum atomic E-state index is -0.251. The molecule has 2 aromatic rings. The lowest BCUT2D eigenvalue weighted by Crippen LogP contribution is -2.49. The van der Waals surface area contributed by atoms with Gasteiger partial charge in [-0.3, -0.25) is 9.69 Å². The molecular formula is C21H27ClFN3O2. The Morgan fingerprint density at radius 2 is 2.00 bits per heavy atom. The van der Waals surface area contributed by atoms with Crippen LogP contribution in [-0.2, 0) is 22.7 Å². The van der Waals surface area contributed by atoms with Gasteiger partial charge in [0.05, 0.1) is 13.2 Å². The number of hydrogen-bond donors (Lipinski definition) is 2. The van der Waals surface area contributed by atoms with Crippen molar-refractivity contribution in [3.63, 3.8) is 0 Å². The van der Waals surface area contributed by atoms with Gasteiger partial charge in [0.2, 0.25) is 5.91 Å². The van der Waals surface area contributed by atoms with Crippen LogP contribution in [0.4, 0.5) is 4.39 Å². The lowest BCUT2D eigenvalue weighted by atomic mass is 10.0. The number of hydrogen-bond acceptors (Lipinski definition) is 4. The molecule has 5 nitrogen and oxygen atoms in total. The summed E-state index contributed by atoms with van der Waals surface area (Å²) in [7, 11) is 1.67. The van der Waals surface area contributed by atoms with Gasteiger partial charge >= 0.3 is 0 Å². The van der Waals surface area contributed by atoms with E-state index < -0.39 is 0 Å². The number of benzene rings is 2. The van der Waals surface area contributed by atoms with Crippen LogP contribution in [-0.4, -0.2) is 44.1 Å². The van der Waals surface area contributed by atoms with Crippen molar-refractivity contribution in [2.24, 2.45) is 0 Å². The van der Waals surface area contributed by atoms with Crippen LogP contribution in [0.15, 0.2) is 48.5 Å². The van der Waals surface area contributed by atoms with Gasteiger partial charge in [-0.15, -0.1) is 12.4 Å². The summed E-state index contributed by atoms with van der Waals surface area (Å²) < 4.78 is 18.7. The standard InChI is InChI=1S/C21H26FN3O2.ClH/c1-27-15-17-7-5-16(6-8-17)12-24-21(26)14-25-10-9-23-13-20(25)18-3-2-4-19(22)11-18;/h2-8,11,20,23H,9-10,12-15H2,1H3,(H,24,26);1H. The Balaban J connectivity index is 0.00000280. The molecule has 1 aliphatic rings. The molecule has 0 aliphatic carbocycles. The van der Waals surface area contributed by atoms with Gasteiger partial charge in [-0.2, -0.15) is 0 Å². The maximum absolute atomic E-state index is 13.6. The second kappa shape index (κ2) is 11.1. The zero-order valence-electron chi connectivity index (χ0n) is 16.0. The van der Waals surface area contributed by atoms with Gasteiger partial charge in [-0.1, -0.05) is 36.4 Å². The number of carbonyl (C=O) groups is 1. The van der Waals surface area contributed by atoms with Gasteiger partial charge in [-0.05, 0) is 28.8 Å². The number of rotatable bonds is 7. The summed E-state index contributed by atoms with van der Waals surface area (Å²) in [5.41, 5.74) is 3.04. The SMILES string of the molecule is COCc1ccc(CNC(=O)CN2CCNCC2c2cccc(F)c2)cc1.Cl. The summed E-state index contributed by atoms with van der Waals surface area (Å²) in [4.78, 5) is 14.5. The highest BCUT2D eigenvalue weighted by Gasteiger charge is 2.25. The van der Waals surface area contributed by atoms with Gasteiger partial charge in [0.25, 0.3) is 0 Å².